The molecule has 0 aromatic rings. The van der Waals surface area contributed by atoms with Gasteiger partial charge < -0.3 is 9.47 Å². The van der Waals surface area contributed by atoms with E-state index in [1.165, 1.54) is 0 Å². The van der Waals surface area contributed by atoms with Gasteiger partial charge in [-0.2, -0.15) is 0 Å². The number of ether oxygens (including phenoxy) is 2. The SMILES string of the molecule is CC1=C(C(=O)OC(C)(C)C)[C@@H](C)[C@@H]([C@@H](C)I)O1. The monoisotopic (exact) mass is 352 g/mol. The van der Waals surface area contributed by atoms with Crippen molar-refractivity contribution in [3.63, 3.8) is 0 Å². The van der Waals surface area contributed by atoms with Gasteiger partial charge >= 0.3 is 5.97 Å². The number of alkyl halides is 1. The summed E-state index contributed by atoms with van der Waals surface area (Å²) in [4.78, 5) is 12.1. The van der Waals surface area contributed by atoms with Gasteiger partial charge in [0.1, 0.15) is 17.5 Å². The van der Waals surface area contributed by atoms with Crippen LogP contribution in [-0.4, -0.2) is 21.6 Å². The summed E-state index contributed by atoms with van der Waals surface area (Å²) in [6, 6.07) is 0. The molecule has 1 heterocycles. The van der Waals surface area contributed by atoms with Gasteiger partial charge in [-0.25, -0.2) is 4.79 Å². The zero-order valence-electron chi connectivity index (χ0n) is 11.3. The number of rotatable bonds is 2. The van der Waals surface area contributed by atoms with E-state index in [4.69, 9.17) is 9.47 Å². The molecule has 0 amide bonds. The van der Waals surface area contributed by atoms with Crippen molar-refractivity contribution in [2.24, 2.45) is 5.92 Å². The minimum Gasteiger partial charge on any atom is -0.493 e. The molecule has 3 nitrogen and oxygen atoms in total. The van der Waals surface area contributed by atoms with E-state index in [-0.39, 0.29) is 18.0 Å². The van der Waals surface area contributed by atoms with E-state index in [1.807, 2.05) is 34.6 Å². The summed E-state index contributed by atoms with van der Waals surface area (Å²) in [7, 11) is 0. The average Bonchev–Trinajstić information content (AvgIpc) is 2.38. The van der Waals surface area contributed by atoms with Crippen LogP contribution in [0.1, 0.15) is 41.5 Å². The summed E-state index contributed by atoms with van der Waals surface area (Å²) < 4.78 is 11.5. The number of allylic oxidation sites excluding steroid dienone is 1. The number of carbonyl (C=O) groups is 1. The third-order valence-corrected chi connectivity index (χ3v) is 3.42. The first-order valence-corrected chi connectivity index (χ1v) is 7.13. The van der Waals surface area contributed by atoms with Crippen LogP contribution in [-0.2, 0) is 14.3 Å². The molecule has 98 valence electrons. The minimum absolute atomic E-state index is 0.0677. The van der Waals surface area contributed by atoms with Crippen LogP contribution in [0.3, 0.4) is 0 Å². The van der Waals surface area contributed by atoms with Gasteiger partial charge in [0, 0.05) is 9.84 Å². The number of esters is 1. The fourth-order valence-electron chi connectivity index (χ4n) is 2.01. The standard InChI is InChI=1S/C13H21IO3/c1-7-10(12(15)17-13(4,5)6)9(3)16-11(7)8(2)14/h7-8,11H,1-6H3/t7-,8-,11+/m1/s1. The maximum absolute atomic E-state index is 12.1. The van der Waals surface area contributed by atoms with Crippen molar-refractivity contribution >= 4 is 28.6 Å². The van der Waals surface area contributed by atoms with Gasteiger partial charge in [-0.3, -0.25) is 0 Å². The summed E-state index contributed by atoms with van der Waals surface area (Å²) in [5.41, 5.74) is 0.228. The van der Waals surface area contributed by atoms with Crippen LogP contribution in [0.2, 0.25) is 0 Å². The van der Waals surface area contributed by atoms with Crippen molar-refractivity contribution in [3.8, 4) is 0 Å². The van der Waals surface area contributed by atoms with Gasteiger partial charge in [-0.15, -0.1) is 0 Å². The molecule has 1 rings (SSSR count). The van der Waals surface area contributed by atoms with Crippen molar-refractivity contribution in [1.29, 1.82) is 0 Å². The van der Waals surface area contributed by atoms with E-state index in [0.29, 0.717) is 15.3 Å². The Bertz CT molecular complexity index is 339. The smallest absolute Gasteiger partial charge is 0.338 e. The van der Waals surface area contributed by atoms with Crippen LogP contribution in [0, 0.1) is 5.92 Å². The Balaban J connectivity index is 2.84. The maximum Gasteiger partial charge on any atom is 0.338 e. The second kappa shape index (κ2) is 5.16. The number of carbonyl (C=O) groups excluding carboxylic acids is 1. The second-order valence-electron chi connectivity index (χ2n) is 5.52. The maximum atomic E-state index is 12.1. The Morgan fingerprint density at radius 1 is 1.47 bits per heavy atom. The highest BCUT2D eigenvalue weighted by Gasteiger charge is 2.39. The molecular weight excluding hydrogens is 331 g/mol. The van der Waals surface area contributed by atoms with Crippen LogP contribution in [0.15, 0.2) is 11.3 Å². The topological polar surface area (TPSA) is 35.5 Å². The van der Waals surface area contributed by atoms with Crippen LogP contribution >= 0.6 is 22.6 Å². The Kier molecular flexibility index (Phi) is 4.49. The fraction of sp³-hybridized carbons (Fsp3) is 0.769. The van der Waals surface area contributed by atoms with Crippen LogP contribution in [0.5, 0.6) is 0 Å². The van der Waals surface area contributed by atoms with E-state index in [9.17, 15) is 4.79 Å². The molecule has 0 bridgehead atoms. The van der Waals surface area contributed by atoms with Crippen molar-refractivity contribution in [3.05, 3.63) is 11.3 Å². The molecule has 0 aliphatic carbocycles. The third kappa shape index (κ3) is 3.60. The van der Waals surface area contributed by atoms with E-state index in [2.05, 4.69) is 29.5 Å². The normalized spacial score (nSPS) is 26.8. The van der Waals surface area contributed by atoms with Crippen molar-refractivity contribution in [1.82, 2.24) is 0 Å². The number of hydrogen-bond donors (Lipinski definition) is 0. The number of halogens is 1. The summed E-state index contributed by atoms with van der Waals surface area (Å²) in [6.45, 7) is 11.6. The molecule has 0 N–H and O–H groups in total. The Morgan fingerprint density at radius 3 is 2.35 bits per heavy atom. The molecule has 0 saturated carbocycles. The highest BCUT2D eigenvalue weighted by Crippen LogP contribution is 2.36. The molecule has 0 aromatic carbocycles. The van der Waals surface area contributed by atoms with E-state index >= 15 is 0 Å². The lowest BCUT2D eigenvalue weighted by Gasteiger charge is -2.22. The molecule has 0 saturated heterocycles. The van der Waals surface area contributed by atoms with E-state index < -0.39 is 5.60 Å². The first-order chi connectivity index (χ1) is 7.63. The average molecular weight is 352 g/mol. The summed E-state index contributed by atoms with van der Waals surface area (Å²) in [5.74, 6) is 0.555. The third-order valence-electron chi connectivity index (χ3n) is 2.71. The van der Waals surface area contributed by atoms with Gasteiger partial charge in [-0.05, 0) is 34.6 Å². The molecule has 0 unspecified atom stereocenters. The van der Waals surface area contributed by atoms with Crippen molar-refractivity contribution in [2.45, 2.75) is 57.2 Å². The molecule has 0 aromatic heterocycles. The van der Waals surface area contributed by atoms with Gasteiger partial charge in [-0.1, -0.05) is 29.5 Å². The molecule has 1 aliphatic heterocycles. The molecule has 4 heteroatoms. The molecule has 1 aliphatic rings. The van der Waals surface area contributed by atoms with Gasteiger partial charge in [0.05, 0.1) is 5.57 Å². The van der Waals surface area contributed by atoms with Crippen LogP contribution in [0.25, 0.3) is 0 Å². The second-order valence-corrected chi connectivity index (χ2v) is 7.49. The molecule has 0 fully saturated rings. The number of hydrogen-bond acceptors (Lipinski definition) is 3. The Hall–Kier alpha value is -0.260. The lowest BCUT2D eigenvalue weighted by molar-refractivity contribution is -0.150. The van der Waals surface area contributed by atoms with E-state index in [0.717, 1.165) is 0 Å². The van der Waals surface area contributed by atoms with Crippen molar-refractivity contribution in [2.75, 3.05) is 0 Å². The zero-order valence-corrected chi connectivity index (χ0v) is 13.5. The lowest BCUT2D eigenvalue weighted by atomic mass is 9.95. The molecule has 0 radical (unpaired) electrons. The largest absolute Gasteiger partial charge is 0.493 e. The van der Waals surface area contributed by atoms with Crippen LogP contribution < -0.4 is 0 Å². The minimum atomic E-state index is -0.460. The lowest BCUT2D eigenvalue weighted by Crippen LogP contribution is -2.30. The zero-order chi connectivity index (χ0) is 13.4. The van der Waals surface area contributed by atoms with Gasteiger partial charge in [0.2, 0.25) is 0 Å². The molecule has 3 atom stereocenters. The highest BCUT2D eigenvalue weighted by molar-refractivity contribution is 14.1. The van der Waals surface area contributed by atoms with E-state index in [1.54, 1.807) is 0 Å². The summed E-state index contributed by atoms with van der Waals surface area (Å²) in [5, 5.41) is 0. The first kappa shape index (κ1) is 14.8. The summed E-state index contributed by atoms with van der Waals surface area (Å²) >= 11 is 2.33. The molecule has 0 spiro atoms. The molecule has 17 heavy (non-hydrogen) atoms. The predicted octanol–water partition coefficient (Wildman–Crippen LogP) is 3.46. The highest BCUT2D eigenvalue weighted by atomic mass is 127. The quantitative estimate of drug-likeness (QED) is 0.434. The predicted molar refractivity (Wildman–Crippen MR) is 76.1 cm³/mol. The Labute approximate surface area is 117 Å². The van der Waals surface area contributed by atoms with Gasteiger partial charge in [0.25, 0.3) is 0 Å². The van der Waals surface area contributed by atoms with Crippen LogP contribution in [0.4, 0.5) is 0 Å². The Morgan fingerprint density at radius 2 is 2.00 bits per heavy atom. The first-order valence-electron chi connectivity index (χ1n) is 5.88. The molecular formula is C13H21IO3. The van der Waals surface area contributed by atoms with Crippen molar-refractivity contribution < 1.29 is 14.3 Å². The van der Waals surface area contributed by atoms with Gasteiger partial charge in [0.15, 0.2) is 0 Å². The summed E-state index contributed by atoms with van der Waals surface area (Å²) in [6.07, 6.45) is 0.0677. The fourth-order valence-corrected chi connectivity index (χ4v) is 2.78.